The second-order valence-corrected chi connectivity index (χ2v) is 7.66. The number of nitrogens with zero attached hydrogens (tertiary/aromatic N) is 2. The Morgan fingerprint density at radius 2 is 1.68 bits per heavy atom. The molecule has 0 spiro atoms. The predicted octanol–water partition coefficient (Wildman–Crippen LogP) is 4.48. The highest BCUT2D eigenvalue weighted by Gasteiger charge is 2.32. The van der Waals surface area contributed by atoms with Crippen molar-refractivity contribution in [3.05, 3.63) is 53.6 Å². The number of anilines is 3. The van der Waals surface area contributed by atoms with E-state index in [1.807, 2.05) is 4.90 Å². The van der Waals surface area contributed by atoms with Crippen LogP contribution in [0.2, 0.25) is 0 Å². The molecule has 6 nitrogen and oxygen atoms in total. The van der Waals surface area contributed by atoms with Crippen molar-refractivity contribution in [1.29, 1.82) is 0 Å². The molecule has 2 N–H and O–H groups in total. The lowest BCUT2D eigenvalue weighted by Crippen LogP contribution is -2.30. The highest BCUT2D eigenvalue weighted by Crippen LogP contribution is 2.36. The summed E-state index contributed by atoms with van der Waals surface area (Å²) in [6, 6.07) is 9.69. The molecular formula is C22H23F3N4O2. The first kappa shape index (κ1) is 21.0. The molecule has 0 unspecified atom stereocenters. The summed E-state index contributed by atoms with van der Waals surface area (Å²) in [5.74, 6) is -0.505. The van der Waals surface area contributed by atoms with Crippen LogP contribution in [0.15, 0.2) is 42.5 Å². The molecule has 0 aliphatic carbocycles. The van der Waals surface area contributed by atoms with Gasteiger partial charge in [0, 0.05) is 37.4 Å². The van der Waals surface area contributed by atoms with Crippen molar-refractivity contribution in [2.75, 3.05) is 41.3 Å². The molecule has 2 aliphatic rings. The Balaban J connectivity index is 1.57. The Labute approximate surface area is 178 Å². The smallest absolute Gasteiger partial charge is 0.370 e. The summed E-state index contributed by atoms with van der Waals surface area (Å²) in [4.78, 5) is 28.1. The quantitative estimate of drug-likeness (QED) is 0.749. The number of amides is 3. The van der Waals surface area contributed by atoms with Crippen molar-refractivity contribution < 1.29 is 22.8 Å². The minimum Gasteiger partial charge on any atom is -0.370 e. The minimum atomic E-state index is -4.50. The van der Waals surface area contributed by atoms with Crippen molar-refractivity contribution >= 4 is 29.0 Å². The number of hydrogen-bond acceptors (Lipinski definition) is 3. The standard InChI is InChI=1S/C22H23F3N4O2/c23-22(24,25)16-6-9-19(28-11-2-1-3-12-28)18(14-16)27-20(30)15-4-7-17(8-5-15)29-13-10-26-21(29)31/h4-9,14H,1-3,10-13H2,(H,26,31)(H,27,30). The third kappa shape index (κ3) is 4.60. The van der Waals surface area contributed by atoms with Crippen LogP contribution in [0.1, 0.15) is 35.2 Å². The van der Waals surface area contributed by atoms with Gasteiger partial charge in [0.25, 0.3) is 5.91 Å². The van der Waals surface area contributed by atoms with Crippen LogP contribution in [0.3, 0.4) is 0 Å². The van der Waals surface area contributed by atoms with Gasteiger partial charge in [-0.15, -0.1) is 0 Å². The molecule has 0 atom stereocenters. The van der Waals surface area contributed by atoms with E-state index in [-0.39, 0.29) is 11.7 Å². The normalized spacial score (nSPS) is 16.9. The average Bonchev–Trinajstić information content (AvgIpc) is 3.19. The van der Waals surface area contributed by atoms with Crippen LogP contribution in [0.4, 0.5) is 35.0 Å². The maximum atomic E-state index is 13.3. The third-order valence-electron chi connectivity index (χ3n) is 5.57. The molecule has 2 aliphatic heterocycles. The second-order valence-electron chi connectivity index (χ2n) is 7.66. The van der Waals surface area contributed by atoms with E-state index in [1.165, 1.54) is 6.07 Å². The van der Waals surface area contributed by atoms with Crippen molar-refractivity contribution in [3.63, 3.8) is 0 Å². The number of rotatable bonds is 4. The fourth-order valence-electron chi connectivity index (χ4n) is 3.93. The summed E-state index contributed by atoms with van der Waals surface area (Å²) in [5, 5.41) is 5.36. The Morgan fingerprint density at radius 3 is 2.29 bits per heavy atom. The van der Waals surface area contributed by atoms with E-state index in [2.05, 4.69) is 10.6 Å². The largest absolute Gasteiger partial charge is 0.416 e. The summed E-state index contributed by atoms with van der Waals surface area (Å²) >= 11 is 0. The molecule has 2 heterocycles. The molecule has 9 heteroatoms. The van der Waals surface area contributed by atoms with E-state index in [9.17, 15) is 22.8 Å². The fraction of sp³-hybridized carbons (Fsp3) is 0.364. The van der Waals surface area contributed by atoms with Crippen molar-refractivity contribution in [3.8, 4) is 0 Å². The average molecular weight is 432 g/mol. The van der Waals surface area contributed by atoms with E-state index in [0.29, 0.717) is 30.0 Å². The molecule has 31 heavy (non-hydrogen) atoms. The van der Waals surface area contributed by atoms with Gasteiger partial charge in [-0.3, -0.25) is 9.69 Å². The Hall–Kier alpha value is -3.23. The minimum absolute atomic E-state index is 0.143. The second kappa shape index (κ2) is 8.49. The predicted molar refractivity (Wildman–Crippen MR) is 113 cm³/mol. The topological polar surface area (TPSA) is 64.7 Å². The molecule has 3 amide bonds. The molecule has 2 aromatic carbocycles. The summed E-state index contributed by atoms with van der Waals surface area (Å²) in [6.45, 7) is 2.56. The maximum Gasteiger partial charge on any atom is 0.416 e. The Morgan fingerprint density at radius 1 is 0.968 bits per heavy atom. The summed E-state index contributed by atoms with van der Waals surface area (Å²) in [7, 11) is 0. The molecule has 2 aromatic rings. The molecular weight excluding hydrogens is 409 g/mol. The highest BCUT2D eigenvalue weighted by molar-refractivity contribution is 6.06. The Bertz CT molecular complexity index is 970. The monoisotopic (exact) mass is 432 g/mol. The maximum absolute atomic E-state index is 13.3. The third-order valence-corrected chi connectivity index (χ3v) is 5.57. The SMILES string of the molecule is O=C(Nc1cc(C(F)(F)F)ccc1N1CCCCC1)c1ccc(N2CCNC2=O)cc1. The molecule has 0 bridgehead atoms. The molecule has 2 saturated heterocycles. The summed E-state index contributed by atoms with van der Waals surface area (Å²) < 4.78 is 39.8. The van der Waals surface area contributed by atoms with Gasteiger partial charge in [0.2, 0.25) is 0 Å². The van der Waals surface area contributed by atoms with Gasteiger partial charge in [-0.2, -0.15) is 13.2 Å². The van der Waals surface area contributed by atoms with Crippen LogP contribution in [0.25, 0.3) is 0 Å². The zero-order valence-corrected chi connectivity index (χ0v) is 16.8. The summed E-state index contributed by atoms with van der Waals surface area (Å²) in [5.41, 5.74) is 0.875. The number of carbonyl (C=O) groups is 2. The lowest BCUT2D eigenvalue weighted by Gasteiger charge is -2.31. The van der Waals surface area contributed by atoms with Gasteiger partial charge in [0.1, 0.15) is 0 Å². The number of benzene rings is 2. The van der Waals surface area contributed by atoms with Crippen LogP contribution in [-0.2, 0) is 6.18 Å². The van der Waals surface area contributed by atoms with Gasteiger partial charge in [0.15, 0.2) is 0 Å². The zero-order chi connectivity index (χ0) is 22.0. The fourth-order valence-corrected chi connectivity index (χ4v) is 3.93. The van der Waals surface area contributed by atoms with E-state index >= 15 is 0 Å². The van der Waals surface area contributed by atoms with Gasteiger partial charge < -0.3 is 15.5 Å². The van der Waals surface area contributed by atoms with Gasteiger partial charge in [-0.25, -0.2) is 4.79 Å². The number of urea groups is 1. The van der Waals surface area contributed by atoms with E-state index in [0.717, 1.165) is 44.5 Å². The van der Waals surface area contributed by atoms with Gasteiger partial charge in [0.05, 0.1) is 16.9 Å². The molecule has 2 fully saturated rings. The number of carbonyl (C=O) groups excluding carboxylic acids is 2. The molecule has 4 rings (SSSR count). The van der Waals surface area contributed by atoms with E-state index < -0.39 is 17.6 Å². The first-order valence-corrected chi connectivity index (χ1v) is 10.3. The molecule has 164 valence electrons. The molecule has 0 saturated carbocycles. The molecule has 0 aromatic heterocycles. The number of alkyl halides is 3. The molecule has 0 radical (unpaired) electrons. The van der Waals surface area contributed by atoms with Crippen molar-refractivity contribution in [2.45, 2.75) is 25.4 Å². The van der Waals surface area contributed by atoms with Crippen LogP contribution in [0, 0.1) is 0 Å². The highest BCUT2D eigenvalue weighted by atomic mass is 19.4. The van der Waals surface area contributed by atoms with Crippen LogP contribution in [0.5, 0.6) is 0 Å². The van der Waals surface area contributed by atoms with E-state index in [1.54, 1.807) is 29.2 Å². The van der Waals surface area contributed by atoms with Gasteiger partial charge in [-0.1, -0.05) is 0 Å². The zero-order valence-electron chi connectivity index (χ0n) is 16.8. The lowest BCUT2D eigenvalue weighted by molar-refractivity contribution is -0.137. The van der Waals surface area contributed by atoms with Gasteiger partial charge >= 0.3 is 12.2 Å². The number of halogens is 3. The number of piperidine rings is 1. The van der Waals surface area contributed by atoms with Crippen molar-refractivity contribution in [1.82, 2.24) is 5.32 Å². The van der Waals surface area contributed by atoms with Crippen molar-refractivity contribution in [2.24, 2.45) is 0 Å². The van der Waals surface area contributed by atoms with E-state index in [4.69, 9.17) is 0 Å². The summed E-state index contributed by atoms with van der Waals surface area (Å²) in [6.07, 6.45) is -1.50. The lowest BCUT2D eigenvalue weighted by atomic mass is 10.1. The first-order valence-electron chi connectivity index (χ1n) is 10.3. The van der Waals surface area contributed by atoms with Gasteiger partial charge in [-0.05, 0) is 61.7 Å². The van der Waals surface area contributed by atoms with Crippen LogP contribution < -0.4 is 20.4 Å². The number of hydrogen-bond donors (Lipinski definition) is 2. The number of nitrogens with one attached hydrogen (secondary N) is 2. The first-order chi connectivity index (χ1) is 14.8. The van der Waals surface area contributed by atoms with Crippen LogP contribution >= 0.6 is 0 Å². The van der Waals surface area contributed by atoms with Crippen LogP contribution in [-0.4, -0.2) is 38.1 Å². The Kier molecular flexibility index (Phi) is 5.75.